The number of carbonyl (C=O) groups excluding carboxylic acids is 1. The molecule has 0 saturated carbocycles. The van der Waals surface area contributed by atoms with Gasteiger partial charge >= 0.3 is 0 Å². The van der Waals surface area contributed by atoms with Gasteiger partial charge in [-0.2, -0.15) is 0 Å². The lowest BCUT2D eigenvalue weighted by atomic mass is 9.99. The third kappa shape index (κ3) is 2.57. The zero-order valence-electron chi connectivity index (χ0n) is 13.4. The Bertz CT molecular complexity index is 694. The first-order valence-electron chi connectivity index (χ1n) is 8.40. The van der Waals surface area contributed by atoms with Crippen LogP contribution in [-0.2, 0) is 16.1 Å². The lowest BCUT2D eigenvalue weighted by Gasteiger charge is -2.38. The van der Waals surface area contributed by atoms with Gasteiger partial charge in [-0.25, -0.2) is 0 Å². The molecule has 3 atom stereocenters. The average Bonchev–Trinajstić information content (AvgIpc) is 3.22. The second kappa shape index (κ2) is 5.85. The Morgan fingerprint density at radius 3 is 2.65 bits per heavy atom. The molecule has 1 amide bonds. The average molecular weight is 310 g/mol. The highest BCUT2D eigenvalue weighted by atomic mass is 16.5. The smallest absolute Gasteiger partial charge is 0.252 e. The predicted molar refractivity (Wildman–Crippen MR) is 88.0 cm³/mol. The van der Waals surface area contributed by atoms with Crippen molar-refractivity contribution in [3.8, 4) is 0 Å². The van der Waals surface area contributed by atoms with E-state index in [1.165, 1.54) is 5.69 Å². The second-order valence-corrected chi connectivity index (χ2v) is 6.48. The molecule has 1 aromatic carbocycles. The van der Waals surface area contributed by atoms with Gasteiger partial charge in [0.05, 0.1) is 12.1 Å². The molecule has 2 aliphatic heterocycles. The number of amides is 1. The van der Waals surface area contributed by atoms with Gasteiger partial charge in [-0.1, -0.05) is 30.3 Å². The molecule has 0 unspecified atom stereocenters. The zero-order valence-corrected chi connectivity index (χ0v) is 13.4. The summed E-state index contributed by atoms with van der Waals surface area (Å²) in [6.07, 6.45) is 3.81. The molecule has 1 aromatic heterocycles. The maximum atomic E-state index is 13.1. The third-order valence-corrected chi connectivity index (χ3v) is 4.94. The number of benzene rings is 1. The van der Waals surface area contributed by atoms with E-state index in [0.29, 0.717) is 0 Å². The molecule has 4 nitrogen and oxygen atoms in total. The number of hydrogen-bond donors (Lipinski definition) is 0. The minimum atomic E-state index is -0.280. The van der Waals surface area contributed by atoms with E-state index in [9.17, 15) is 4.79 Å². The minimum Gasteiger partial charge on any atom is -0.365 e. The molecular weight excluding hydrogens is 288 g/mol. The van der Waals surface area contributed by atoms with E-state index in [1.807, 2.05) is 30.0 Å². The summed E-state index contributed by atoms with van der Waals surface area (Å²) in [5, 5.41) is 0. The first-order valence-corrected chi connectivity index (χ1v) is 8.40. The van der Waals surface area contributed by atoms with Gasteiger partial charge in [-0.3, -0.25) is 4.79 Å². The van der Waals surface area contributed by atoms with Gasteiger partial charge < -0.3 is 14.2 Å². The number of carbonyl (C=O) groups is 1. The fourth-order valence-corrected chi connectivity index (χ4v) is 3.78. The van der Waals surface area contributed by atoms with Crippen LogP contribution in [0.25, 0.3) is 0 Å². The molecule has 0 spiro atoms. The van der Waals surface area contributed by atoms with Crippen molar-refractivity contribution >= 4 is 5.91 Å². The molecule has 0 radical (unpaired) electrons. The van der Waals surface area contributed by atoms with Crippen LogP contribution in [0, 0.1) is 0 Å². The number of rotatable bonds is 2. The number of hydrogen-bond acceptors (Lipinski definition) is 2. The van der Waals surface area contributed by atoms with Gasteiger partial charge in [0.25, 0.3) is 5.91 Å². The van der Waals surface area contributed by atoms with Crippen molar-refractivity contribution in [2.24, 2.45) is 0 Å². The van der Waals surface area contributed by atoms with Gasteiger partial charge in [0.1, 0.15) is 6.10 Å². The number of aromatic nitrogens is 1. The summed E-state index contributed by atoms with van der Waals surface area (Å²) in [5.74, 6) is 0.135. The molecule has 0 aliphatic carbocycles. The molecule has 4 rings (SSSR count). The van der Waals surface area contributed by atoms with Crippen molar-refractivity contribution in [2.45, 2.75) is 44.6 Å². The number of fused-ring (bicyclic) bond motifs is 1. The van der Waals surface area contributed by atoms with Crippen molar-refractivity contribution < 1.29 is 9.53 Å². The lowest BCUT2D eigenvalue weighted by Crippen LogP contribution is -2.46. The van der Waals surface area contributed by atoms with E-state index < -0.39 is 0 Å². The van der Waals surface area contributed by atoms with Crippen molar-refractivity contribution in [2.75, 3.05) is 6.54 Å². The Hall–Kier alpha value is -2.07. The maximum Gasteiger partial charge on any atom is 0.252 e. The van der Waals surface area contributed by atoms with Crippen LogP contribution in [0.15, 0.2) is 48.7 Å². The summed E-state index contributed by atoms with van der Waals surface area (Å²) >= 11 is 0. The zero-order chi connectivity index (χ0) is 15.8. The van der Waals surface area contributed by atoms with Gasteiger partial charge in [0, 0.05) is 25.0 Å². The van der Waals surface area contributed by atoms with E-state index >= 15 is 0 Å². The van der Waals surface area contributed by atoms with Crippen LogP contribution in [0.2, 0.25) is 0 Å². The van der Waals surface area contributed by atoms with Crippen molar-refractivity contribution in [1.29, 1.82) is 0 Å². The van der Waals surface area contributed by atoms with Crippen LogP contribution in [0.1, 0.15) is 37.1 Å². The van der Waals surface area contributed by atoms with Crippen LogP contribution in [-0.4, -0.2) is 34.1 Å². The van der Waals surface area contributed by atoms with Crippen LogP contribution in [0.4, 0.5) is 0 Å². The van der Waals surface area contributed by atoms with Gasteiger partial charge in [-0.15, -0.1) is 0 Å². The van der Waals surface area contributed by atoms with Gasteiger partial charge in [0.2, 0.25) is 0 Å². The van der Waals surface area contributed by atoms with Crippen molar-refractivity contribution in [1.82, 2.24) is 9.47 Å². The van der Waals surface area contributed by atoms with Crippen LogP contribution in [0.5, 0.6) is 0 Å². The fraction of sp³-hybridized carbons (Fsp3) is 0.421. The van der Waals surface area contributed by atoms with E-state index in [-0.39, 0.29) is 24.2 Å². The summed E-state index contributed by atoms with van der Waals surface area (Å²) in [7, 11) is 0. The van der Waals surface area contributed by atoms with Gasteiger partial charge in [0.15, 0.2) is 0 Å². The predicted octanol–water partition coefficient (Wildman–Crippen LogP) is 2.99. The highest BCUT2D eigenvalue weighted by molar-refractivity contribution is 5.82. The molecular formula is C19H22N2O2. The van der Waals surface area contributed by atoms with E-state index in [1.54, 1.807) is 0 Å². The van der Waals surface area contributed by atoms with Gasteiger partial charge in [-0.05, 0) is 37.5 Å². The minimum absolute atomic E-state index is 0.0213. The van der Waals surface area contributed by atoms with E-state index in [2.05, 4.69) is 35.0 Å². The highest BCUT2D eigenvalue weighted by Crippen LogP contribution is 2.34. The summed E-state index contributed by atoms with van der Waals surface area (Å²) in [6, 6.07) is 14.5. The quantitative estimate of drug-likeness (QED) is 0.854. The van der Waals surface area contributed by atoms with Crippen molar-refractivity contribution in [3.05, 3.63) is 59.9 Å². The Morgan fingerprint density at radius 1 is 1.09 bits per heavy atom. The Morgan fingerprint density at radius 2 is 1.91 bits per heavy atom. The molecule has 4 heteroatoms. The molecule has 0 N–H and O–H groups in total. The monoisotopic (exact) mass is 310 g/mol. The molecule has 1 saturated heterocycles. The number of ether oxygens (including phenoxy) is 1. The van der Waals surface area contributed by atoms with Crippen LogP contribution >= 0.6 is 0 Å². The molecule has 120 valence electrons. The van der Waals surface area contributed by atoms with Crippen LogP contribution in [0.3, 0.4) is 0 Å². The summed E-state index contributed by atoms with van der Waals surface area (Å²) in [4.78, 5) is 15.1. The first kappa shape index (κ1) is 14.5. The largest absolute Gasteiger partial charge is 0.365 e. The fourth-order valence-electron chi connectivity index (χ4n) is 3.78. The Balaban J connectivity index is 1.69. The topological polar surface area (TPSA) is 34.5 Å². The third-order valence-electron chi connectivity index (χ3n) is 4.94. The first-order chi connectivity index (χ1) is 11.2. The van der Waals surface area contributed by atoms with Crippen molar-refractivity contribution in [3.63, 3.8) is 0 Å². The van der Waals surface area contributed by atoms with E-state index in [4.69, 9.17) is 4.74 Å². The molecule has 0 bridgehead atoms. The Labute approximate surface area is 136 Å². The molecule has 2 aliphatic rings. The van der Waals surface area contributed by atoms with E-state index in [0.717, 1.165) is 31.5 Å². The molecule has 2 aromatic rings. The summed E-state index contributed by atoms with van der Waals surface area (Å²) in [5.41, 5.74) is 2.34. The molecule has 3 heterocycles. The SMILES string of the molecule is C[C@@H]1CC[C@@H](C(=O)N2CCn3cccc3[C@H]2c2ccccc2)O1. The lowest BCUT2D eigenvalue weighted by molar-refractivity contribution is -0.145. The highest BCUT2D eigenvalue weighted by Gasteiger charge is 2.38. The Kier molecular flexibility index (Phi) is 3.69. The second-order valence-electron chi connectivity index (χ2n) is 6.48. The molecule has 23 heavy (non-hydrogen) atoms. The maximum absolute atomic E-state index is 13.1. The number of nitrogens with zero attached hydrogens (tertiary/aromatic N) is 2. The standard InChI is InChI=1S/C19H22N2O2/c1-14-9-10-17(23-14)19(22)21-13-12-20-11-5-8-16(20)18(21)15-6-3-2-4-7-15/h2-8,11,14,17-18H,9-10,12-13H2,1H3/t14-,17+,18-/m1/s1. The molecule has 1 fully saturated rings. The summed E-state index contributed by atoms with van der Waals surface area (Å²) in [6.45, 7) is 3.62. The summed E-state index contributed by atoms with van der Waals surface area (Å²) < 4.78 is 8.08. The normalized spacial score (nSPS) is 27.0. The van der Waals surface area contributed by atoms with Crippen LogP contribution < -0.4 is 0 Å².